The highest BCUT2D eigenvalue weighted by Crippen LogP contribution is 2.09. The second-order valence-corrected chi connectivity index (χ2v) is 3.25. The Morgan fingerprint density at radius 3 is 2.62 bits per heavy atom. The first-order valence-electron chi connectivity index (χ1n) is 4.79. The largest absolute Gasteiger partial charge is 0.322 e. The van der Waals surface area contributed by atoms with Gasteiger partial charge in [0, 0.05) is 11.3 Å². The van der Waals surface area contributed by atoms with E-state index in [4.69, 9.17) is 0 Å². The van der Waals surface area contributed by atoms with Gasteiger partial charge in [-0.2, -0.15) is 0 Å². The van der Waals surface area contributed by atoms with Crippen LogP contribution in [0.15, 0.2) is 48.5 Å². The molecule has 1 N–H and O–H groups in total. The zero-order chi connectivity index (χ0) is 11.4. The molecule has 3 heteroatoms. The van der Waals surface area contributed by atoms with E-state index in [9.17, 15) is 9.18 Å². The molecule has 79 valence electrons. The fourth-order valence-electron chi connectivity index (χ4n) is 1.30. The van der Waals surface area contributed by atoms with Crippen LogP contribution in [0.25, 0.3) is 0 Å². The SMILES string of the molecule is O=C(Nc1cc[c]cc1)c1cccc(F)c1. The van der Waals surface area contributed by atoms with Crippen LogP contribution in [-0.4, -0.2) is 5.91 Å². The number of amides is 1. The predicted molar refractivity (Wildman–Crippen MR) is 59.6 cm³/mol. The molecule has 0 heterocycles. The van der Waals surface area contributed by atoms with Gasteiger partial charge in [0.2, 0.25) is 0 Å². The normalized spacial score (nSPS) is 9.81. The number of carbonyl (C=O) groups excluding carboxylic acids is 1. The summed E-state index contributed by atoms with van der Waals surface area (Å²) in [5, 5.41) is 2.66. The average molecular weight is 214 g/mol. The summed E-state index contributed by atoms with van der Waals surface area (Å²) in [5.41, 5.74) is 0.959. The summed E-state index contributed by atoms with van der Waals surface area (Å²) in [6.07, 6.45) is 0. The summed E-state index contributed by atoms with van der Waals surface area (Å²) < 4.78 is 12.9. The van der Waals surface area contributed by atoms with Crippen LogP contribution in [0.3, 0.4) is 0 Å². The van der Waals surface area contributed by atoms with E-state index < -0.39 is 5.82 Å². The van der Waals surface area contributed by atoms with Crippen molar-refractivity contribution in [3.05, 3.63) is 66.0 Å². The minimum absolute atomic E-state index is 0.299. The van der Waals surface area contributed by atoms with Gasteiger partial charge in [0.1, 0.15) is 5.82 Å². The molecule has 0 atom stereocenters. The number of halogens is 1. The molecule has 16 heavy (non-hydrogen) atoms. The van der Waals surface area contributed by atoms with Crippen LogP contribution in [0.1, 0.15) is 10.4 Å². The molecular formula is C13H9FNO. The number of benzene rings is 2. The lowest BCUT2D eigenvalue weighted by Gasteiger charge is -2.04. The molecule has 2 aromatic rings. The van der Waals surface area contributed by atoms with Gasteiger partial charge in [-0.1, -0.05) is 18.2 Å². The van der Waals surface area contributed by atoms with Crippen molar-refractivity contribution in [3.63, 3.8) is 0 Å². The van der Waals surface area contributed by atoms with E-state index in [0.717, 1.165) is 0 Å². The summed E-state index contributed by atoms with van der Waals surface area (Å²) in [7, 11) is 0. The fraction of sp³-hybridized carbons (Fsp3) is 0. The monoisotopic (exact) mass is 214 g/mol. The maximum absolute atomic E-state index is 12.9. The van der Waals surface area contributed by atoms with E-state index in [1.807, 2.05) is 0 Å². The summed E-state index contributed by atoms with van der Waals surface area (Å²) in [5.74, 6) is -0.750. The summed E-state index contributed by atoms with van der Waals surface area (Å²) in [6.45, 7) is 0. The Bertz CT molecular complexity index is 496. The van der Waals surface area contributed by atoms with Crippen molar-refractivity contribution in [2.75, 3.05) is 5.32 Å². The number of anilines is 1. The molecule has 0 spiro atoms. The van der Waals surface area contributed by atoms with Gasteiger partial charge in [-0.25, -0.2) is 4.39 Å². The van der Waals surface area contributed by atoms with E-state index in [0.29, 0.717) is 11.3 Å². The van der Waals surface area contributed by atoms with Crippen LogP contribution in [0.4, 0.5) is 10.1 Å². The van der Waals surface area contributed by atoms with Crippen molar-refractivity contribution >= 4 is 11.6 Å². The number of nitrogens with one attached hydrogen (secondary N) is 1. The number of hydrogen-bond donors (Lipinski definition) is 1. The average Bonchev–Trinajstić information content (AvgIpc) is 2.30. The van der Waals surface area contributed by atoms with Crippen LogP contribution < -0.4 is 5.32 Å². The highest BCUT2D eigenvalue weighted by atomic mass is 19.1. The van der Waals surface area contributed by atoms with E-state index >= 15 is 0 Å². The van der Waals surface area contributed by atoms with Crippen LogP contribution >= 0.6 is 0 Å². The Morgan fingerprint density at radius 1 is 1.19 bits per heavy atom. The predicted octanol–water partition coefficient (Wildman–Crippen LogP) is 2.88. The van der Waals surface area contributed by atoms with E-state index in [1.165, 1.54) is 18.2 Å². The first-order valence-corrected chi connectivity index (χ1v) is 4.79. The molecule has 0 bridgehead atoms. The molecule has 0 aliphatic carbocycles. The van der Waals surface area contributed by atoms with Gasteiger partial charge in [0.25, 0.3) is 5.91 Å². The third-order valence-corrected chi connectivity index (χ3v) is 2.06. The van der Waals surface area contributed by atoms with Gasteiger partial charge >= 0.3 is 0 Å². The molecule has 1 radical (unpaired) electrons. The lowest BCUT2D eigenvalue weighted by atomic mass is 10.2. The van der Waals surface area contributed by atoms with Crippen LogP contribution in [0.2, 0.25) is 0 Å². The van der Waals surface area contributed by atoms with Crippen LogP contribution in [0.5, 0.6) is 0 Å². The molecule has 2 aromatic carbocycles. The maximum atomic E-state index is 12.9. The Balaban J connectivity index is 2.15. The zero-order valence-corrected chi connectivity index (χ0v) is 8.41. The highest BCUT2D eigenvalue weighted by molar-refractivity contribution is 6.04. The molecule has 0 aromatic heterocycles. The molecule has 0 fully saturated rings. The Kier molecular flexibility index (Phi) is 2.96. The van der Waals surface area contributed by atoms with E-state index in [-0.39, 0.29) is 5.91 Å². The van der Waals surface area contributed by atoms with Gasteiger partial charge in [-0.15, -0.1) is 0 Å². The highest BCUT2D eigenvalue weighted by Gasteiger charge is 2.05. The third-order valence-electron chi connectivity index (χ3n) is 2.06. The first-order chi connectivity index (χ1) is 7.75. The van der Waals surface area contributed by atoms with Gasteiger partial charge in [0.05, 0.1) is 0 Å². The van der Waals surface area contributed by atoms with E-state index in [1.54, 1.807) is 30.3 Å². The second kappa shape index (κ2) is 4.57. The lowest BCUT2D eigenvalue weighted by Crippen LogP contribution is -2.11. The standard InChI is InChI=1S/C13H9FNO/c14-11-6-4-5-10(9-11)13(16)15-12-7-2-1-3-8-12/h2-9H,(H,15,16). The van der Waals surface area contributed by atoms with Gasteiger partial charge in [-0.05, 0) is 36.4 Å². The topological polar surface area (TPSA) is 29.1 Å². The number of rotatable bonds is 2. The van der Waals surface area contributed by atoms with Crippen LogP contribution in [0, 0.1) is 11.9 Å². The van der Waals surface area contributed by atoms with Gasteiger partial charge in [-0.3, -0.25) is 4.79 Å². The van der Waals surface area contributed by atoms with Crippen LogP contribution in [-0.2, 0) is 0 Å². The molecule has 0 unspecified atom stereocenters. The van der Waals surface area contributed by atoms with Crippen molar-refractivity contribution in [3.8, 4) is 0 Å². The summed E-state index contributed by atoms with van der Waals surface area (Å²) in [6, 6.07) is 15.2. The first kappa shape index (κ1) is 10.4. The minimum atomic E-state index is -0.422. The molecule has 0 saturated carbocycles. The van der Waals surface area contributed by atoms with Gasteiger partial charge in [0.15, 0.2) is 0 Å². The van der Waals surface area contributed by atoms with Crippen molar-refractivity contribution in [1.82, 2.24) is 0 Å². The second-order valence-electron chi connectivity index (χ2n) is 3.25. The molecule has 0 aliphatic heterocycles. The number of carbonyl (C=O) groups is 1. The van der Waals surface area contributed by atoms with Gasteiger partial charge < -0.3 is 5.32 Å². The zero-order valence-electron chi connectivity index (χ0n) is 8.41. The smallest absolute Gasteiger partial charge is 0.255 e. The summed E-state index contributed by atoms with van der Waals surface area (Å²) >= 11 is 0. The third kappa shape index (κ3) is 2.45. The summed E-state index contributed by atoms with van der Waals surface area (Å²) in [4.78, 5) is 11.7. The Hall–Kier alpha value is -2.16. The van der Waals surface area contributed by atoms with Crippen molar-refractivity contribution in [1.29, 1.82) is 0 Å². The Labute approximate surface area is 92.7 Å². The lowest BCUT2D eigenvalue weighted by molar-refractivity contribution is 0.102. The molecule has 2 nitrogen and oxygen atoms in total. The molecule has 0 saturated heterocycles. The maximum Gasteiger partial charge on any atom is 0.255 e. The van der Waals surface area contributed by atoms with Crippen molar-refractivity contribution in [2.24, 2.45) is 0 Å². The number of hydrogen-bond acceptors (Lipinski definition) is 1. The molecule has 0 aliphatic rings. The van der Waals surface area contributed by atoms with Crippen molar-refractivity contribution < 1.29 is 9.18 Å². The van der Waals surface area contributed by atoms with E-state index in [2.05, 4.69) is 11.4 Å². The fourth-order valence-corrected chi connectivity index (χ4v) is 1.30. The molecule has 1 amide bonds. The molecular weight excluding hydrogens is 205 g/mol. The molecule has 2 rings (SSSR count). The Morgan fingerprint density at radius 2 is 1.94 bits per heavy atom. The minimum Gasteiger partial charge on any atom is -0.322 e. The quantitative estimate of drug-likeness (QED) is 0.818. The van der Waals surface area contributed by atoms with Crippen molar-refractivity contribution in [2.45, 2.75) is 0 Å².